The molecular formula is C14H23INO2+. The molecule has 3 nitrogen and oxygen atoms in total. The van der Waals surface area contributed by atoms with Crippen molar-refractivity contribution in [2.45, 2.75) is 12.8 Å². The highest BCUT2D eigenvalue weighted by molar-refractivity contribution is 14.1. The lowest BCUT2D eigenvalue weighted by molar-refractivity contribution is -0.890. The summed E-state index contributed by atoms with van der Waals surface area (Å²) in [6.45, 7) is 2.16. The van der Waals surface area contributed by atoms with E-state index in [1.54, 1.807) is 7.11 Å². The summed E-state index contributed by atoms with van der Waals surface area (Å²) in [5.74, 6) is 0.941. The molecule has 0 saturated heterocycles. The van der Waals surface area contributed by atoms with Crippen molar-refractivity contribution in [1.29, 1.82) is 0 Å². The zero-order valence-electron chi connectivity index (χ0n) is 11.4. The van der Waals surface area contributed by atoms with Crippen LogP contribution in [0.1, 0.15) is 12.0 Å². The Morgan fingerprint density at radius 3 is 2.56 bits per heavy atom. The first-order chi connectivity index (χ1) is 8.48. The van der Waals surface area contributed by atoms with Crippen molar-refractivity contribution < 1.29 is 14.3 Å². The average Bonchev–Trinajstić information content (AvgIpc) is 2.29. The average molecular weight is 364 g/mol. The third kappa shape index (κ3) is 5.12. The molecule has 0 bridgehead atoms. The zero-order chi connectivity index (χ0) is 13.6. The Morgan fingerprint density at radius 2 is 2.00 bits per heavy atom. The maximum absolute atomic E-state index is 8.98. The molecule has 0 unspecified atom stereocenters. The molecule has 0 atom stereocenters. The van der Waals surface area contributed by atoms with E-state index in [2.05, 4.69) is 48.8 Å². The zero-order valence-corrected chi connectivity index (χ0v) is 13.6. The first kappa shape index (κ1) is 15.7. The highest BCUT2D eigenvalue weighted by Gasteiger charge is 2.13. The number of likely N-dealkylation sites (N-methyl/N-ethyl adjacent to an activating group) is 1. The van der Waals surface area contributed by atoms with Crippen molar-refractivity contribution in [2.24, 2.45) is 0 Å². The van der Waals surface area contributed by atoms with Gasteiger partial charge in [-0.05, 0) is 46.7 Å². The van der Waals surface area contributed by atoms with Crippen molar-refractivity contribution in [2.75, 3.05) is 40.9 Å². The first-order valence-electron chi connectivity index (χ1n) is 6.24. The summed E-state index contributed by atoms with van der Waals surface area (Å²) in [6.07, 6.45) is 2.21. The molecule has 0 fully saturated rings. The lowest BCUT2D eigenvalue weighted by Crippen LogP contribution is -2.42. The van der Waals surface area contributed by atoms with E-state index in [0.717, 1.165) is 39.7 Å². The summed E-state index contributed by atoms with van der Waals surface area (Å²) in [4.78, 5) is 0. The smallest absolute Gasteiger partial charge is 0.132 e. The molecule has 0 aromatic heterocycles. The molecule has 0 amide bonds. The number of hydrogen-bond acceptors (Lipinski definition) is 2. The van der Waals surface area contributed by atoms with E-state index in [1.807, 2.05) is 6.07 Å². The Balaban J connectivity index is 2.47. The number of hydrogen-bond donors (Lipinski definition) is 1. The molecule has 18 heavy (non-hydrogen) atoms. The van der Waals surface area contributed by atoms with Gasteiger partial charge in [-0.1, -0.05) is 6.07 Å². The summed E-state index contributed by atoms with van der Waals surface area (Å²) in [5.41, 5.74) is 1.35. The Kier molecular flexibility index (Phi) is 6.38. The van der Waals surface area contributed by atoms with Crippen LogP contribution in [0.3, 0.4) is 0 Å². The SMILES string of the molecule is COc1ccc(CCC[N+](C)(C)CCO)cc1I. The van der Waals surface area contributed by atoms with Crippen molar-refractivity contribution in [3.05, 3.63) is 27.3 Å². The number of nitrogens with zero attached hydrogens (tertiary/aromatic N) is 1. The van der Waals surface area contributed by atoms with Crippen LogP contribution in [0.15, 0.2) is 18.2 Å². The molecule has 0 heterocycles. The van der Waals surface area contributed by atoms with Crippen LogP contribution in [0.4, 0.5) is 0 Å². The fourth-order valence-corrected chi connectivity index (χ4v) is 2.76. The van der Waals surface area contributed by atoms with Gasteiger partial charge in [-0.2, -0.15) is 0 Å². The van der Waals surface area contributed by atoms with Crippen LogP contribution in [0.2, 0.25) is 0 Å². The van der Waals surface area contributed by atoms with Gasteiger partial charge < -0.3 is 14.3 Å². The van der Waals surface area contributed by atoms with Crippen molar-refractivity contribution >= 4 is 22.6 Å². The van der Waals surface area contributed by atoms with Gasteiger partial charge in [0.2, 0.25) is 0 Å². The Labute approximate surface area is 123 Å². The van der Waals surface area contributed by atoms with E-state index < -0.39 is 0 Å². The molecule has 1 N–H and O–H groups in total. The molecule has 1 aromatic carbocycles. The molecule has 4 heteroatoms. The number of halogens is 1. The van der Waals surface area contributed by atoms with Gasteiger partial charge >= 0.3 is 0 Å². The minimum absolute atomic E-state index is 0.257. The van der Waals surface area contributed by atoms with Crippen LogP contribution in [0.25, 0.3) is 0 Å². The van der Waals surface area contributed by atoms with Crippen LogP contribution in [0.5, 0.6) is 5.75 Å². The van der Waals surface area contributed by atoms with Gasteiger partial charge in [0, 0.05) is 6.42 Å². The summed E-state index contributed by atoms with van der Waals surface area (Å²) in [7, 11) is 6.02. The van der Waals surface area contributed by atoms with E-state index in [1.165, 1.54) is 5.56 Å². The summed E-state index contributed by atoms with van der Waals surface area (Å²) in [6, 6.07) is 6.35. The van der Waals surface area contributed by atoms with Crippen LogP contribution in [-0.2, 0) is 6.42 Å². The molecule has 0 aliphatic rings. The fraction of sp³-hybridized carbons (Fsp3) is 0.571. The molecule has 0 aliphatic heterocycles. The fourth-order valence-electron chi connectivity index (χ4n) is 1.96. The number of methoxy groups -OCH3 is 1. The second-order valence-corrected chi connectivity index (χ2v) is 6.34. The van der Waals surface area contributed by atoms with Crippen molar-refractivity contribution in [3.8, 4) is 5.75 Å². The summed E-state index contributed by atoms with van der Waals surface area (Å²) < 4.78 is 7.29. The topological polar surface area (TPSA) is 29.5 Å². The summed E-state index contributed by atoms with van der Waals surface area (Å²) >= 11 is 2.31. The number of quaternary nitrogens is 1. The van der Waals surface area contributed by atoms with E-state index in [0.29, 0.717) is 0 Å². The number of aryl methyl sites for hydroxylation is 1. The molecule has 0 aliphatic carbocycles. The first-order valence-corrected chi connectivity index (χ1v) is 7.31. The molecule has 102 valence electrons. The van der Waals surface area contributed by atoms with E-state index in [9.17, 15) is 0 Å². The number of aliphatic hydroxyl groups is 1. The molecule has 0 spiro atoms. The van der Waals surface area contributed by atoms with E-state index >= 15 is 0 Å². The van der Waals surface area contributed by atoms with Gasteiger partial charge in [0.25, 0.3) is 0 Å². The minimum Gasteiger partial charge on any atom is -0.496 e. The number of benzene rings is 1. The number of ether oxygens (including phenoxy) is 1. The summed E-state index contributed by atoms with van der Waals surface area (Å²) in [5, 5.41) is 8.98. The Bertz CT molecular complexity index is 380. The van der Waals surface area contributed by atoms with Crippen LogP contribution in [0, 0.1) is 3.57 Å². The molecule has 1 aromatic rings. The predicted molar refractivity (Wildman–Crippen MR) is 83.0 cm³/mol. The third-order valence-corrected chi connectivity index (χ3v) is 3.99. The van der Waals surface area contributed by atoms with Crippen LogP contribution >= 0.6 is 22.6 Å². The molecule has 1 rings (SSSR count). The van der Waals surface area contributed by atoms with Gasteiger partial charge in [-0.25, -0.2) is 0 Å². The van der Waals surface area contributed by atoms with Crippen molar-refractivity contribution in [1.82, 2.24) is 0 Å². The van der Waals surface area contributed by atoms with Gasteiger partial charge in [0.1, 0.15) is 12.3 Å². The highest BCUT2D eigenvalue weighted by Crippen LogP contribution is 2.22. The van der Waals surface area contributed by atoms with Crippen LogP contribution in [-0.4, -0.2) is 50.5 Å². The van der Waals surface area contributed by atoms with Crippen molar-refractivity contribution in [3.63, 3.8) is 0 Å². The molecule has 0 radical (unpaired) electrons. The van der Waals surface area contributed by atoms with Gasteiger partial charge in [-0.3, -0.25) is 0 Å². The lowest BCUT2D eigenvalue weighted by atomic mass is 10.1. The Hall–Kier alpha value is -0.330. The number of rotatable bonds is 7. The molecule has 0 saturated carbocycles. The quantitative estimate of drug-likeness (QED) is 0.594. The van der Waals surface area contributed by atoms with E-state index in [-0.39, 0.29) is 6.61 Å². The lowest BCUT2D eigenvalue weighted by Gasteiger charge is -2.28. The predicted octanol–water partition coefficient (Wildman–Crippen LogP) is 2.30. The Morgan fingerprint density at radius 1 is 1.28 bits per heavy atom. The second-order valence-electron chi connectivity index (χ2n) is 5.18. The molecular weight excluding hydrogens is 341 g/mol. The van der Waals surface area contributed by atoms with Gasteiger partial charge in [0.15, 0.2) is 0 Å². The van der Waals surface area contributed by atoms with Gasteiger partial charge in [0.05, 0.1) is 37.9 Å². The van der Waals surface area contributed by atoms with Crippen LogP contribution < -0.4 is 4.74 Å². The largest absolute Gasteiger partial charge is 0.496 e. The standard InChI is InChI=1S/C14H23INO2/c1-16(2,9-10-17)8-4-5-12-6-7-14(18-3)13(15)11-12/h6-7,11,17H,4-5,8-10H2,1-3H3/q+1. The minimum atomic E-state index is 0.257. The second kappa shape index (κ2) is 7.31. The highest BCUT2D eigenvalue weighted by atomic mass is 127. The third-order valence-electron chi connectivity index (χ3n) is 3.15. The maximum Gasteiger partial charge on any atom is 0.132 e. The van der Waals surface area contributed by atoms with E-state index in [4.69, 9.17) is 9.84 Å². The van der Waals surface area contributed by atoms with Gasteiger partial charge in [-0.15, -0.1) is 0 Å². The number of aliphatic hydroxyl groups excluding tert-OH is 1. The monoisotopic (exact) mass is 364 g/mol. The normalized spacial score (nSPS) is 11.6. The maximum atomic E-state index is 8.98.